The molecule has 6 aliphatic rings. The van der Waals surface area contributed by atoms with E-state index in [0.29, 0.717) is 69.5 Å². The molecule has 0 saturated carbocycles. The van der Waals surface area contributed by atoms with Crippen molar-refractivity contribution in [3.8, 4) is 5.75 Å². The second-order valence-electron chi connectivity index (χ2n) is 16.0. The number of halogens is 2. The SMILES string of the molecule is COc1cc2ncnc(Nc3ccc(F)c(Cl)c3)c2cc1NC(=O)/C=C/CN1CCC(CN2C3CC2CN(c2ccc4c(c2)C(=O)N(C2CCC(=O)NC2=O)C4=O)C3)CC1. The second kappa shape index (κ2) is 16.2. The number of methoxy groups -OCH3 is 1. The molecule has 0 radical (unpaired) electrons. The fraction of sp³-hybridized carbons (Fsp3) is 0.372. The zero-order chi connectivity index (χ0) is 41.7. The number of nitrogens with zero attached hydrogens (tertiary/aromatic N) is 6. The molecule has 1 aromatic heterocycles. The van der Waals surface area contributed by atoms with Crippen LogP contribution in [0.15, 0.2) is 67.0 Å². The molecule has 0 aliphatic carbocycles. The molecule has 3 atom stereocenters. The Balaban J connectivity index is 0.746. The molecule has 3 N–H and O–H groups in total. The van der Waals surface area contributed by atoms with Crippen molar-refractivity contribution in [2.45, 2.75) is 50.2 Å². The van der Waals surface area contributed by atoms with E-state index in [4.69, 9.17) is 16.3 Å². The van der Waals surface area contributed by atoms with Crippen LogP contribution < -0.4 is 25.6 Å². The number of amides is 5. The minimum atomic E-state index is -0.981. The van der Waals surface area contributed by atoms with E-state index in [2.05, 4.69) is 40.6 Å². The van der Waals surface area contributed by atoms with Gasteiger partial charge in [0, 0.05) is 73.6 Å². The molecule has 10 rings (SSSR count). The van der Waals surface area contributed by atoms with Crippen LogP contribution in [0.4, 0.5) is 27.3 Å². The van der Waals surface area contributed by atoms with E-state index in [1.165, 1.54) is 31.6 Å². The molecule has 3 unspecified atom stereocenters. The molecule has 15 nitrogen and oxygen atoms in total. The Bertz CT molecular complexity index is 2450. The highest BCUT2D eigenvalue weighted by molar-refractivity contribution is 6.31. The summed E-state index contributed by atoms with van der Waals surface area (Å²) in [6.07, 6.45) is 8.30. The van der Waals surface area contributed by atoms with Gasteiger partial charge in [0.1, 0.15) is 29.8 Å². The van der Waals surface area contributed by atoms with Gasteiger partial charge in [0.15, 0.2) is 0 Å². The molecule has 5 amide bonds. The van der Waals surface area contributed by atoms with Gasteiger partial charge in [-0.25, -0.2) is 14.4 Å². The maximum absolute atomic E-state index is 13.7. The predicted octanol–water partition coefficient (Wildman–Crippen LogP) is 4.75. The van der Waals surface area contributed by atoms with Gasteiger partial charge in [-0.05, 0) is 87.2 Å². The first-order valence-electron chi connectivity index (χ1n) is 20.1. The number of carbonyl (C=O) groups excluding carboxylic acids is 5. The summed E-state index contributed by atoms with van der Waals surface area (Å²) in [5.41, 5.74) is 3.07. The van der Waals surface area contributed by atoms with E-state index >= 15 is 0 Å². The molecule has 17 heteroatoms. The Labute approximate surface area is 349 Å². The van der Waals surface area contributed by atoms with Crippen molar-refractivity contribution >= 4 is 74.9 Å². The van der Waals surface area contributed by atoms with Crippen molar-refractivity contribution in [3.63, 3.8) is 0 Å². The number of aromatic nitrogens is 2. The fourth-order valence-electron chi connectivity index (χ4n) is 9.15. The summed E-state index contributed by atoms with van der Waals surface area (Å²) < 4.78 is 19.3. The van der Waals surface area contributed by atoms with Gasteiger partial charge in [0.2, 0.25) is 17.7 Å². The maximum Gasteiger partial charge on any atom is 0.262 e. The summed E-state index contributed by atoms with van der Waals surface area (Å²) in [7, 11) is 1.52. The van der Waals surface area contributed by atoms with Gasteiger partial charge >= 0.3 is 0 Å². The van der Waals surface area contributed by atoms with E-state index in [1.54, 1.807) is 30.3 Å². The first-order valence-corrected chi connectivity index (χ1v) is 20.5. The van der Waals surface area contributed by atoms with Crippen LogP contribution in [0.1, 0.15) is 52.8 Å². The number of carbonyl (C=O) groups is 5. The minimum Gasteiger partial charge on any atom is -0.494 e. The molecular weight excluding hydrogens is 793 g/mol. The zero-order valence-electron chi connectivity index (χ0n) is 32.8. The number of piperazine rings is 1. The highest BCUT2D eigenvalue weighted by atomic mass is 35.5. The number of likely N-dealkylation sites (tertiary alicyclic amines) is 1. The number of fused-ring (bicyclic) bond motifs is 4. The number of hydrogen-bond acceptors (Lipinski definition) is 12. The first kappa shape index (κ1) is 39.5. The Morgan fingerprint density at radius 1 is 0.983 bits per heavy atom. The highest BCUT2D eigenvalue weighted by Gasteiger charge is 2.47. The van der Waals surface area contributed by atoms with Crippen LogP contribution in [0.3, 0.4) is 0 Å². The Hall–Kier alpha value is -5.97. The molecule has 2 bridgehead atoms. The number of anilines is 4. The smallest absolute Gasteiger partial charge is 0.262 e. The van der Waals surface area contributed by atoms with Gasteiger partial charge in [0.05, 0.1) is 34.5 Å². The highest BCUT2D eigenvalue weighted by Crippen LogP contribution is 2.39. The Kier molecular flexibility index (Phi) is 10.7. The number of nitrogens with one attached hydrogen (secondary N) is 3. The topological polar surface area (TPSA) is 169 Å². The van der Waals surface area contributed by atoms with Crippen LogP contribution in [0.2, 0.25) is 5.02 Å². The lowest BCUT2D eigenvalue weighted by Gasteiger charge is -2.58. The van der Waals surface area contributed by atoms with E-state index in [0.717, 1.165) is 62.6 Å². The quantitative estimate of drug-likeness (QED) is 0.140. The molecule has 6 aliphatic heterocycles. The average Bonchev–Trinajstić information content (AvgIpc) is 3.49. The van der Waals surface area contributed by atoms with Crippen molar-refractivity contribution in [3.05, 3.63) is 89.0 Å². The molecule has 7 heterocycles. The van der Waals surface area contributed by atoms with Crippen molar-refractivity contribution in [1.29, 1.82) is 0 Å². The summed E-state index contributed by atoms with van der Waals surface area (Å²) in [4.78, 5) is 80.7. The van der Waals surface area contributed by atoms with Crippen LogP contribution in [0.5, 0.6) is 5.75 Å². The van der Waals surface area contributed by atoms with Crippen LogP contribution in [-0.2, 0) is 14.4 Å². The monoisotopic (exact) mass is 835 g/mol. The van der Waals surface area contributed by atoms with E-state index in [-0.39, 0.29) is 23.8 Å². The van der Waals surface area contributed by atoms with Gasteiger partial charge in [-0.1, -0.05) is 17.7 Å². The predicted molar refractivity (Wildman–Crippen MR) is 222 cm³/mol. The Morgan fingerprint density at radius 3 is 2.52 bits per heavy atom. The zero-order valence-corrected chi connectivity index (χ0v) is 33.6. The standard InChI is InChI=1S/C43H43ClFN9O6/c1-60-37-19-34-31(40(47-23-46-34)48-25-4-7-33(45)32(44)15-25)18-35(37)49-38(55)3-2-12-51-13-10-24(11-14-51)20-53-27-16-28(53)22-52(21-27)26-5-6-29-30(17-26)43(59)54(42(29)58)36-8-9-39(56)50-41(36)57/h2-7,15,17-19,23-24,27-28,36H,8-14,16,20-22H2,1H3,(H,49,55)(H,46,47,48)(H,50,56,57)/b3-2+. The molecule has 3 aromatic carbocycles. The molecule has 5 saturated heterocycles. The average molecular weight is 836 g/mol. The van der Waals surface area contributed by atoms with Crippen molar-refractivity contribution in [2.75, 3.05) is 61.9 Å². The molecule has 5 fully saturated rings. The number of benzene rings is 3. The number of imide groups is 2. The fourth-order valence-corrected chi connectivity index (χ4v) is 9.33. The third-order valence-electron chi connectivity index (χ3n) is 12.3. The van der Waals surface area contributed by atoms with Crippen LogP contribution in [-0.4, -0.2) is 119 Å². The van der Waals surface area contributed by atoms with E-state index in [1.807, 2.05) is 12.1 Å². The van der Waals surface area contributed by atoms with Crippen molar-refractivity contribution in [2.24, 2.45) is 5.92 Å². The number of ether oxygens (including phenoxy) is 1. The Morgan fingerprint density at radius 2 is 1.77 bits per heavy atom. The second-order valence-corrected chi connectivity index (χ2v) is 16.4. The number of hydrogen-bond donors (Lipinski definition) is 3. The largest absolute Gasteiger partial charge is 0.494 e. The third-order valence-corrected chi connectivity index (χ3v) is 12.6. The molecule has 60 heavy (non-hydrogen) atoms. The third kappa shape index (κ3) is 7.66. The molecular formula is C43H43ClFN9O6. The lowest BCUT2D eigenvalue weighted by molar-refractivity contribution is -0.136. The molecule has 310 valence electrons. The van der Waals surface area contributed by atoms with Crippen LogP contribution >= 0.6 is 11.6 Å². The number of piperidine rings is 3. The van der Waals surface area contributed by atoms with Gasteiger partial charge < -0.3 is 20.3 Å². The summed E-state index contributed by atoms with van der Waals surface area (Å²) in [6, 6.07) is 12.9. The van der Waals surface area contributed by atoms with Gasteiger partial charge in [-0.2, -0.15) is 0 Å². The minimum absolute atomic E-state index is 0.0212. The normalized spacial score (nSPS) is 22.3. The van der Waals surface area contributed by atoms with Crippen molar-refractivity contribution < 1.29 is 33.1 Å². The number of rotatable bonds is 11. The summed E-state index contributed by atoms with van der Waals surface area (Å²) >= 11 is 5.97. The summed E-state index contributed by atoms with van der Waals surface area (Å²) in [5.74, 6) is -1.34. The van der Waals surface area contributed by atoms with Gasteiger partial charge in [0.25, 0.3) is 11.8 Å². The lowest BCUT2D eigenvalue weighted by atomic mass is 9.84. The van der Waals surface area contributed by atoms with E-state index in [9.17, 15) is 28.4 Å². The lowest BCUT2D eigenvalue weighted by Crippen LogP contribution is -2.69. The van der Waals surface area contributed by atoms with Crippen LogP contribution in [0, 0.1) is 11.7 Å². The van der Waals surface area contributed by atoms with E-state index < -0.39 is 35.5 Å². The molecule has 0 spiro atoms. The van der Waals surface area contributed by atoms with Gasteiger partial charge in [-0.15, -0.1) is 0 Å². The summed E-state index contributed by atoms with van der Waals surface area (Å²) in [6.45, 7) is 5.25. The van der Waals surface area contributed by atoms with Crippen LogP contribution in [0.25, 0.3) is 10.9 Å². The molecule has 4 aromatic rings. The van der Waals surface area contributed by atoms with Gasteiger partial charge in [-0.3, -0.25) is 44.0 Å². The summed E-state index contributed by atoms with van der Waals surface area (Å²) in [5, 5.41) is 8.91. The first-order chi connectivity index (χ1) is 29.0. The maximum atomic E-state index is 13.7. The van der Waals surface area contributed by atoms with Crippen molar-refractivity contribution in [1.82, 2.24) is 30.0 Å².